The molecule has 178 valence electrons. The number of methoxy groups -OCH3 is 2. The molecule has 1 saturated heterocycles. The maximum Gasteiger partial charge on any atom is 0.254 e. The Morgan fingerprint density at radius 2 is 1.52 bits per heavy atom. The topological polar surface area (TPSA) is 68.3 Å². The number of nitrogens with zero attached hydrogens (tertiary/aromatic N) is 2. The summed E-state index contributed by atoms with van der Waals surface area (Å²) in [5, 5.41) is 0. The summed E-state index contributed by atoms with van der Waals surface area (Å²) in [6.45, 7) is 6.84. The van der Waals surface area contributed by atoms with Gasteiger partial charge in [-0.25, -0.2) is 0 Å². The minimum atomic E-state index is -0.0633. The molecule has 2 aromatic rings. The number of carbonyl (C=O) groups is 2. The molecule has 7 heteroatoms. The maximum atomic E-state index is 12.9. The summed E-state index contributed by atoms with van der Waals surface area (Å²) in [4.78, 5) is 29.1. The Kier molecular flexibility index (Phi) is 8.58. The maximum absolute atomic E-state index is 12.9. The number of rotatable bonds is 9. The van der Waals surface area contributed by atoms with E-state index in [1.807, 2.05) is 24.8 Å². The van der Waals surface area contributed by atoms with Crippen molar-refractivity contribution < 1.29 is 23.8 Å². The average Bonchev–Trinajstić information content (AvgIpc) is 2.84. The Labute approximate surface area is 196 Å². The van der Waals surface area contributed by atoms with Gasteiger partial charge in [0.05, 0.1) is 20.8 Å². The molecule has 3 rings (SSSR count). The number of unbranched alkanes of at least 4 members (excludes halogenated alkanes) is 1. The Morgan fingerprint density at radius 1 is 0.818 bits per heavy atom. The van der Waals surface area contributed by atoms with E-state index in [-0.39, 0.29) is 11.8 Å². The number of ether oxygens (including phenoxy) is 3. The zero-order valence-corrected chi connectivity index (χ0v) is 20.1. The minimum Gasteiger partial charge on any atom is -0.493 e. The first-order chi connectivity index (χ1) is 15.9. The third-order valence-corrected chi connectivity index (χ3v) is 5.94. The Bertz CT molecular complexity index is 967. The van der Waals surface area contributed by atoms with Crippen LogP contribution in [0.4, 0.5) is 0 Å². The van der Waals surface area contributed by atoms with Crippen LogP contribution in [0.3, 0.4) is 0 Å². The summed E-state index contributed by atoms with van der Waals surface area (Å²) in [6, 6.07) is 11.3. The van der Waals surface area contributed by atoms with E-state index in [0.717, 1.165) is 24.2 Å². The highest BCUT2D eigenvalue weighted by atomic mass is 16.5. The highest BCUT2D eigenvalue weighted by Gasteiger charge is 2.25. The SMILES string of the molecule is COc1ccc(C(=O)N2CCN(C(=O)CCCCOc3cc(C)ccc3C)CC2)cc1OC. The summed E-state index contributed by atoms with van der Waals surface area (Å²) in [7, 11) is 3.11. The standard InChI is InChI=1S/C26H34N2O5/c1-19-8-9-20(2)23(17-19)33-16-6-5-7-25(29)27-12-14-28(15-13-27)26(30)21-10-11-22(31-3)24(18-21)32-4/h8-11,17-18H,5-7,12-16H2,1-4H3. The van der Waals surface area contributed by atoms with Crippen molar-refractivity contribution in [3.8, 4) is 17.2 Å². The number of hydrogen-bond donors (Lipinski definition) is 0. The Morgan fingerprint density at radius 3 is 2.21 bits per heavy atom. The molecular formula is C26H34N2O5. The molecule has 1 heterocycles. The lowest BCUT2D eigenvalue weighted by Gasteiger charge is -2.35. The molecule has 0 saturated carbocycles. The highest BCUT2D eigenvalue weighted by Crippen LogP contribution is 2.28. The van der Waals surface area contributed by atoms with Gasteiger partial charge < -0.3 is 24.0 Å². The van der Waals surface area contributed by atoms with Crippen molar-refractivity contribution in [2.75, 3.05) is 47.0 Å². The molecule has 0 unspecified atom stereocenters. The van der Waals surface area contributed by atoms with Gasteiger partial charge in [-0.3, -0.25) is 9.59 Å². The molecular weight excluding hydrogens is 420 g/mol. The van der Waals surface area contributed by atoms with Crippen LogP contribution in [0.1, 0.15) is 40.7 Å². The number of piperazine rings is 1. The fourth-order valence-corrected chi connectivity index (χ4v) is 3.89. The molecule has 0 atom stereocenters. The van der Waals surface area contributed by atoms with Gasteiger partial charge in [-0.15, -0.1) is 0 Å². The lowest BCUT2D eigenvalue weighted by atomic mass is 10.1. The van der Waals surface area contributed by atoms with Gasteiger partial charge in [-0.2, -0.15) is 0 Å². The first kappa shape index (κ1) is 24.4. The van der Waals surface area contributed by atoms with Crippen LogP contribution in [0, 0.1) is 13.8 Å². The van der Waals surface area contributed by atoms with Crippen molar-refractivity contribution in [2.24, 2.45) is 0 Å². The zero-order chi connectivity index (χ0) is 23.8. The molecule has 33 heavy (non-hydrogen) atoms. The predicted octanol–water partition coefficient (Wildman–Crippen LogP) is 3.85. The third-order valence-electron chi connectivity index (χ3n) is 5.94. The fraction of sp³-hybridized carbons (Fsp3) is 0.462. The van der Waals surface area contributed by atoms with Gasteiger partial charge in [0.15, 0.2) is 11.5 Å². The van der Waals surface area contributed by atoms with Crippen molar-refractivity contribution in [1.82, 2.24) is 9.80 Å². The van der Waals surface area contributed by atoms with Crippen LogP contribution >= 0.6 is 0 Å². The van der Waals surface area contributed by atoms with Crippen LogP contribution in [0.15, 0.2) is 36.4 Å². The second-order valence-electron chi connectivity index (χ2n) is 8.32. The van der Waals surface area contributed by atoms with E-state index in [9.17, 15) is 9.59 Å². The van der Waals surface area contributed by atoms with E-state index in [0.29, 0.717) is 56.3 Å². The molecule has 1 aliphatic rings. The van der Waals surface area contributed by atoms with Gasteiger partial charge in [0, 0.05) is 38.2 Å². The van der Waals surface area contributed by atoms with Gasteiger partial charge in [-0.1, -0.05) is 12.1 Å². The number of amides is 2. The van der Waals surface area contributed by atoms with Crippen LogP contribution in [-0.2, 0) is 4.79 Å². The molecule has 0 aromatic heterocycles. The second kappa shape index (κ2) is 11.6. The van der Waals surface area contributed by atoms with Gasteiger partial charge >= 0.3 is 0 Å². The molecule has 0 bridgehead atoms. The molecule has 7 nitrogen and oxygen atoms in total. The van der Waals surface area contributed by atoms with Gasteiger partial charge in [0.25, 0.3) is 5.91 Å². The van der Waals surface area contributed by atoms with E-state index in [2.05, 4.69) is 12.1 Å². The average molecular weight is 455 g/mol. The summed E-state index contributed by atoms with van der Waals surface area (Å²) >= 11 is 0. The molecule has 1 aliphatic heterocycles. The lowest BCUT2D eigenvalue weighted by Crippen LogP contribution is -2.50. The number of benzene rings is 2. The van der Waals surface area contributed by atoms with E-state index in [4.69, 9.17) is 14.2 Å². The van der Waals surface area contributed by atoms with E-state index in [1.165, 1.54) is 5.56 Å². The molecule has 0 aliphatic carbocycles. The molecule has 0 spiro atoms. The summed E-state index contributed by atoms with van der Waals surface area (Å²) in [6.07, 6.45) is 2.12. The lowest BCUT2D eigenvalue weighted by molar-refractivity contribution is -0.132. The van der Waals surface area contributed by atoms with Crippen molar-refractivity contribution in [3.05, 3.63) is 53.1 Å². The Balaban J connectivity index is 1.40. The van der Waals surface area contributed by atoms with Crippen LogP contribution < -0.4 is 14.2 Å². The van der Waals surface area contributed by atoms with Gasteiger partial charge in [0.1, 0.15) is 5.75 Å². The summed E-state index contributed by atoms with van der Waals surface area (Å²) < 4.78 is 16.4. The minimum absolute atomic E-state index is 0.0633. The van der Waals surface area contributed by atoms with Crippen LogP contribution in [0.5, 0.6) is 17.2 Å². The first-order valence-electron chi connectivity index (χ1n) is 11.4. The second-order valence-corrected chi connectivity index (χ2v) is 8.32. The molecule has 2 aromatic carbocycles. The summed E-state index contributed by atoms with van der Waals surface area (Å²) in [5.41, 5.74) is 2.85. The number of aryl methyl sites for hydroxylation is 2. The van der Waals surface area contributed by atoms with Crippen LogP contribution in [0.2, 0.25) is 0 Å². The van der Waals surface area contributed by atoms with Gasteiger partial charge in [0.2, 0.25) is 5.91 Å². The van der Waals surface area contributed by atoms with Gasteiger partial charge in [-0.05, 0) is 62.1 Å². The van der Waals surface area contributed by atoms with E-state index >= 15 is 0 Å². The van der Waals surface area contributed by atoms with Crippen molar-refractivity contribution in [1.29, 1.82) is 0 Å². The highest BCUT2D eigenvalue weighted by molar-refractivity contribution is 5.95. The van der Waals surface area contributed by atoms with Crippen molar-refractivity contribution in [2.45, 2.75) is 33.1 Å². The molecule has 2 amide bonds. The smallest absolute Gasteiger partial charge is 0.254 e. The monoisotopic (exact) mass is 454 g/mol. The zero-order valence-electron chi connectivity index (χ0n) is 20.1. The number of hydrogen-bond acceptors (Lipinski definition) is 5. The van der Waals surface area contributed by atoms with E-state index < -0.39 is 0 Å². The first-order valence-corrected chi connectivity index (χ1v) is 11.4. The summed E-state index contributed by atoms with van der Waals surface area (Å²) in [5.74, 6) is 2.10. The van der Waals surface area contributed by atoms with Crippen molar-refractivity contribution in [3.63, 3.8) is 0 Å². The molecule has 0 N–H and O–H groups in total. The number of carbonyl (C=O) groups excluding carboxylic acids is 2. The fourth-order valence-electron chi connectivity index (χ4n) is 3.89. The third kappa shape index (κ3) is 6.40. The van der Waals surface area contributed by atoms with Crippen LogP contribution in [0.25, 0.3) is 0 Å². The largest absolute Gasteiger partial charge is 0.493 e. The molecule has 0 radical (unpaired) electrons. The van der Waals surface area contributed by atoms with Crippen molar-refractivity contribution >= 4 is 11.8 Å². The van der Waals surface area contributed by atoms with Crippen LogP contribution in [-0.4, -0.2) is 68.6 Å². The van der Waals surface area contributed by atoms with E-state index in [1.54, 1.807) is 37.3 Å². The quantitative estimate of drug-likeness (QED) is 0.539. The molecule has 1 fully saturated rings. The normalized spacial score (nSPS) is 13.6. The predicted molar refractivity (Wildman–Crippen MR) is 127 cm³/mol. The Hall–Kier alpha value is -3.22.